The Hall–Kier alpha value is -3.13. The molecule has 1 heterocycles. The van der Waals surface area contributed by atoms with Gasteiger partial charge in [0.2, 0.25) is 0 Å². The summed E-state index contributed by atoms with van der Waals surface area (Å²) in [5, 5.41) is 5.93. The van der Waals surface area contributed by atoms with Crippen LogP contribution in [0.3, 0.4) is 0 Å². The van der Waals surface area contributed by atoms with Crippen LogP contribution in [0.4, 0.5) is 13.2 Å². The maximum Gasteiger partial charge on any atom is 0.303 e. The second-order valence-corrected chi connectivity index (χ2v) is 7.61. The molecule has 2 rings (SSSR count). The Balaban J connectivity index is 2.46. The number of carbonyl (C=O) groups is 3. The Morgan fingerprint density at radius 1 is 1.09 bits per heavy atom. The average molecular weight is 505 g/mol. The van der Waals surface area contributed by atoms with Gasteiger partial charge in [-0.1, -0.05) is 0 Å². The predicted molar refractivity (Wildman–Crippen MR) is 112 cm³/mol. The normalized spacial score (nSPS) is 24.7. The third-order valence-corrected chi connectivity index (χ3v) is 4.95. The molecule has 1 aliphatic rings. The zero-order chi connectivity index (χ0) is 25.6. The zero-order valence-electron chi connectivity index (χ0n) is 18.2. The van der Waals surface area contributed by atoms with Gasteiger partial charge in [0.05, 0.1) is 0 Å². The van der Waals surface area contributed by atoms with Gasteiger partial charge in [0.1, 0.15) is 29.9 Å². The molecule has 0 amide bonds. The summed E-state index contributed by atoms with van der Waals surface area (Å²) < 4.78 is 61.7. The first-order valence-corrected chi connectivity index (χ1v) is 10.3. The first kappa shape index (κ1) is 27.1. The highest BCUT2D eigenvalue weighted by Crippen LogP contribution is 2.29. The van der Waals surface area contributed by atoms with E-state index in [9.17, 15) is 27.6 Å². The number of ether oxygens (including phenoxy) is 4. The fourth-order valence-corrected chi connectivity index (χ4v) is 3.58. The highest BCUT2D eigenvalue weighted by atomic mass is 32.1. The molecular weight excluding hydrogens is 483 g/mol. The minimum absolute atomic E-state index is 0.280. The van der Waals surface area contributed by atoms with Gasteiger partial charge in [-0.2, -0.15) is 5.11 Å². The predicted octanol–water partition coefficient (Wildman–Crippen LogP) is 2.47. The van der Waals surface area contributed by atoms with Gasteiger partial charge < -0.3 is 24.3 Å². The topological polar surface area (TPSA) is 136 Å². The van der Waals surface area contributed by atoms with Crippen molar-refractivity contribution in [1.82, 2.24) is 5.32 Å². The first-order chi connectivity index (χ1) is 15.9. The van der Waals surface area contributed by atoms with E-state index < -0.39 is 65.1 Å². The molecule has 1 aromatic carbocycles. The van der Waals surface area contributed by atoms with Gasteiger partial charge in [-0.3, -0.25) is 14.4 Å². The third-order valence-electron chi connectivity index (χ3n) is 4.54. The van der Waals surface area contributed by atoms with Crippen LogP contribution in [0.25, 0.3) is 5.70 Å². The summed E-state index contributed by atoms with van der Waals surface area (Å²) in [6.07, 6.45) is -2.41. The van der Waals surface area contributed by atoms with Gasteiger partial charge in [0, 0.05) is 32.5 Å². The number of hydrogen-bond donors (Lipinski definition) is 3. The van der Waals surface area contributed by atoms with Crippen molar-refractivity contribution in [2.24, 2.45) is 5.11 Å². The number of benzene rings is 1. The van der Waals surface area contributed by atoms with Crippen molar-refractivity contribution in [3.8, 4) is 0 Å². The van der Waals surface area contributed by atoms with E-state index in [1.165, 1.54) is 0 Å². The number of thiol groups is 1. The molecule has 0 saturated carbocycles. The molecule has 3 unspecified atom stereocenters. The van der Waals surface area contributed by atoms with Crippen molar-refractivity contribution in [1.29, 1.82) is 5.53 Å². The van der Waals surface area contributed by atoms with Crippen LogP contribution in [0, 0.1) is 23.0 Å². The van der Waals surface area contributed by atoms with Gasteiger partial charge in [-0.25, -0.2) is 18.7 Å². The van der Waals surface area contributed by atoms with Crippen molar-refractivity contribution in [3.05, 3.63) is 41.3 Å². The number of nitrogens with one attached hydrogen (secondary N) is 2. The Morgan fingerprint density at radius 3 is 2.15 bits per heavy atom. The lowest BCUT2D eigenvalue weighted by Gasteiger charge is -2.44. The standard InChI is InChI=1S/C20H22F3N3O7S/c1-8(27)30-7-15-18(31-9(2)28)17(19(20(34)33-15)32-10(3)29)25-6-14(26-24)11-4-12(21)16(23)13(22)5-11/h4-6,15,17-20,24-25,34H,7H2,1-3H3/b14-6-,26-24?/t15?,17?,18-,19?,20+/m0/s1. The second-order valence-electron chi connectivity index (χ2n) is 7.10. The molecule has 1 saturated heterocycles. The number of esters is 3. The summed E-state index contributed by atoms with van der Waals surface area (Å²) in [6, 6.07) is 0.161. The SMILES string of the molecule is CC(=O)OCC1O[C@H](S)C(OC(C)=O)C(N/C=C(\N=N)c2cc(F)c(F)c(F)c2)[C@H]1OC(C)=O. The molecule has 0 aromatic heterocycles. The van der Waals surface area contributed by atoms with Gasteiger partial charge in [-0.15, -0.1) is 12.6 Å². The molecule has 10 nitrogen and oxygen atoms in total. The highest BCUT2D eigenvalue weighted by molar-refractivity contribution is 7.80. The molecule has 2 N–H and O–H groups in total. The molecule has 0 bridgehead atoms. The number of halogens is 3. The molecule has 1 aliphatic heterocycles. The number of rotatable bonds is 8. The summed E-state index contributed by atoms with van der Waals surface area (Å²) in [5.41, 5.74) is 5.64. The quantitative estimate of drug-likeness (QED) is 0.161. The minimum atomic E-state index is -1.69. The minimum Gasteiger partial charge on any atom is -0.463 e. The fraction of sp³-hybridized carbons (Fsp3) is 0.450. The second kappa shape index (κ2) is 11.8. The van der Waals surface area contributed by atoms with E-state index in [1.54, 1.807) is 0 Å². The van der Waals surface area contributed by atoms with Crippen LogP contribution in [0.1, 0.15) is 26.3 Å². The van der Waals surface area contributed by atoms with E-state index in [2.05, 4.69) is 23.1 Å². The Kier molecular flexibility index (Phi) is 9.44. The Labute approximate surface area is 197 Å². The molecule has 14 heteroatoms. The average Bonchev–Trinajstić information content (AvgIpc) is 2.74. The van der Waals surface area contributed by atoms with E-state index in [0.29, 0.717) is 12.1 Å². The van der Waals surface area contributed by atoms with E-state index in [-0.39, 0.29) is 17.9 Å². The highest BCUT2D eigenvalue weighted by Gasteiger charge is 2.48. The molecular formula is C20H22F3N3O7S. The third kappa shape index (κ3) is 6.93. The van der Waals surface area contributed by atoms with E-state index in [0.717, 1.165) is 27.0 Å². The van der Waals surface area contributed by atoms with Crippen LogP contribution in [-0.2, 0) is 33.3 Å². The van der Waals surface area contributed by atoms with Crippen LogP contribution in [-0.4, -0.2) is 54.3 Å². The lowest BCUT2D eigenvalue weighted by Crippen LogP contribution is -2.63. The van der Waals surface area contributed by atoms with Gasteiger partial charge in [-0.05, 0) is 12.1 Å². The number of nitrogens with zero attached hydrogens (tertiary/aromatic N) is 1. The lowest BCUT2D eigenvalue weighted by atomic mass is 9.96. The summed E-state index contributed by atoms with van der Waals surface area (Å²) in [6.45, 7) is 3.04. The van der Waals surface area contributed by atoms with Crippen molar-refractivity contribution in [3.63, 3.8) is 0 Å². The summed E-state index contributed by atoms with van der Waals surface area (Å²) in [4.78, 5) is 34.7. The van der Waals surface area contributed by atoms with Gasteiger partial charge in [0.25, 0.3) is 0 Å². The van der Waals surface area contributed by atoms with E-state index in [1.807, 2.05) is 0 Å². The zero-order valence-corrected chi connectivity index (χ0v) is 19.1. The lowest BCUT2D eigenvalue weighted by molar-refractivity contribution is -0.203. The summed E-state index contributed by atoms with van der Waals surface area (Å²) in [7, 11) is 0. The Bertz CT molecular complexity index is 971. The molecule has 186 valence electrons. The van der Waals surface area contributed by atoms with Gasteiger partial charge in [0.15, 0.2) is 29.7 Å². The molecule has 1 aromatic rings. The molecule has 0 aliphatic carbocycles. The smallest absolute Gasteiger partial charge is 0.303 e. The first-order valence-electron chi connectivity index (χ1n) is 9.74. The van der Waals surface area contributed by atoms with Crippen molar-refractivity contribution in [2.75, 3.05) is 6.61 Å². The maximum absolute atomic E-state index is 13.6. The van der Waals surface area contributed by atoms with Gasteiger partial charge >= 0.3 is 17.9 Å². The molecule has 0 spiro atoms. The van der Waals surface area contributed by atoms with Crippen molar-refractivity contribution in [2.45, 2.75) is 50.6 Å². The molecule has 34 heavy (non-hydrogen) atoms. The van der Waals surface area contributed by atoms with E-state index >= 15 is 0 Å². The summed E-state index contributed by atoms with van der Waals surface area (Å²) >= 11 is 4.26. The monoisotopic (exact) mass is 505 g/mol. The van der Waals surface area contributed by atoms with Crippen LogP contribution < -0.4 is 5.32 Å². The fourth-order valence-electron chi connectivity index (χ4n) is 3.18. The van der Waals surface area contributed by atoms with Crippen LogP contribution >= 0.6 is 12.6 Å². The van der Waals surface area contributed by atoms with Crippen LogP contribution in [0.5, 0.6) is 0 Å². The van der Waals surface area contributed by atoms with Crippen LogP contribution in [0.2, 0.25) is 0 Å². The van der Waals surface area contributed by atoms with Crippen LogP contribution in [0.15, 0.2) is 23.4 Å². The Morgan fingerprint density at radius 2 is 1.65 bits per heavy atom. The summed E-state index contributed by atoms with van der Waals surface area (Å²) in [5.74, 6) is -6.79. The maximum atomic E-state index is 13.6. The molecule has 0 radical (unpaired) electrons. The molecule has 1 fully saturated rings. The van der Waals surface area contributed by atoms with Crippen molar-refractivity contribution >= 4 is 36.2 Å². The van der Waals surface area contributed by atoms with E-state index in [4.69, 9.17) is 24.5 Å². The molecule has 5 atom stereocenters. The van der Waals surface area contributed by atoms with Crippen molar-refractivity contribution < 1.29 is 46.5 Å². The number of carbonyl (C=O) groups excluding carboxylic acids is 3. The number of hydrogen-bond acceptors (Lipinski definition) is 11. The largest absolute Gasteiger partial charge is 0.463 e.